The fourth-order valence-corrected chi connectivity index (χ4v) is 9.01. The number of aryl methyl sites for hydroxylation is 2. The van der Waals surface area contributed by atoms with Crippen LogP contribution in [0.3, 0.4) is 0 Å². The van der Waals surface area contributed by atoms with Gasteiger partial charge in [0, 0.05) is 27.3 Å². The number of nitrogens with zero attached hydrogens (tertiary/aromatic N) is 6. The van der Waals surface area contributed by atoms with Crippen LogP contribution in [0, 0.1) is 5.92 Å². The number of fused-ring (bicyclic) bond motifs is 9. The molecule has 12 nitrogen and oxygen atoms in total. The Morgan fingerprint density at radius 3 is 2.36 bits per heavy atom. The molecular formula is C36H49B2BrF2N6O6+2. The smallest absolute Gasteiger partial charge is 0.400 e. The standard InChI is InChI=1S/C36H49B2BrF2N6O6/c1-31(2)35(8)22-46-27-13-11-25(39)19-29(27)45(17-15-41)47(46)21-23(20-34(7)32(3,4)50-38(52-34)30(48-31)49-35)36(9)33(5,6)51-37(53-36)24-10-12-26-28(18-24)44(16-14-40)43-42-26/h10-13,18-19,23,30H,14-17,20-22H2,1-9H3/q+2. The van der Waals surface area contributed by atoms with Gasteiger partial charge in [-0.1, -0.05) is 27.2 Å². The van der Waals surface area contributed by atoms with E-state index >= 15 is 0 Å². The second kappa shape index (κ2) is 12.5. The van der Waals surface area contributed by atoms with E-state index < -0.39 is 67.4 Å². The molecule has 3 saturated heterocycles. The molecule has 0 N–H and O–H groups in total. The Kier molecular flexibility index (Phi) is 8.81. The van der Waals surface area contributed by atoms with Gasteiger partial charge in [-0.15, -0.1) is 5.10 Å². The van der Waals surface area contributed by atoms with Gasteiger partial charge in [-0.3, -0.25) is 0 Å². The summed E-state index contributed by atoms with van der Waals surface area (Å²) in [6.45, 7) is 18.4. The van der Waals surface area contributed by atoms with E-state index in [2.05, 4.69) is 76.4 Å². The monoisotopic (exact) mass is 800 g/mol. The van der Waals surface area contributed by atoms with E-state index in [9.17, 15) is 8.78 Å². The summed E-state index contributed by atoms with van der Waals surface area (Å²) in [5.74, 6) is -0.279. The Morgan fingerprint density at radius 1 is 0.849 bits per heavy atom. The zero-order valence-electron chi connectivity index (χ0n) is 32.0. The molecule has 2 aromatic heterocycles. The van der Waals surface area contributed by atoms with Crippen molar-refractivity contribution < 1.29 is 46.2 Å². The van der Waals surface area contributed by atoms with Crippen molar-refractivity contribution in [1.82, 2.24) is 19.8 Å². The number of benzene rings is 2. The first-order chi connectivity index (χ1) is 24.8. The second-order valence-electron chi connectivity index (χ2n) is 17.1. The molecule has 3 fully saturated rings. The topological polar surface area (TPSA) is 98.8 Å². The number of hydrogen-bond donors (Lipinski definition) is 0. The summed E-state index contributed by atoms with van der Waals surface area (Å²) in [6.07, 6.45) is -0.297. The predicted molar refractivity (Wildman–Crippen MR) is 197 cm³/mol. The van der Waals surface area contributed by atoms with E-state index in [1.165, 1.54) is 0 Å². The van der Waals surface area contributed by atoms with Crippen LogP contribution in [0.4, 0.5) is 8.78 Å². The van der Waals surface area contributed by atoms with Gasteiger partial charge in [-0.25, -0.2) is 13.5 Å². The summed E-state index contributed by atoms with van der Waals surface area (Å²) >= 11 is 3.67. The summed E-state index contributed by atoms with van der Waals surface area (Å²) in [4.78, 5) is 2.15. The van der Waals surface area contributed by atoms with Gasteiger partial charge in [0.1, 0.15) is 24.3 Å². The van der Waals surface area contributed by atoms with Crippen molar-refractivity contribution in [2.45, 2.75) is 135 Å². The van der Waals surface area contributed by atoms with Crippen LogP contribution in [0.25, 0.3) is 22.1 Å². The molecule has 4 aromatic rings. The lowest BCUT2D eigenvalue weighted by Crippen LogP contribution is -2.65. The molecule has 5 unspecified atom stereocenters. The molecule has 53 heavy (non-hydrogen) atoms. The van der Waals surface area contributed by atoms with E-state index in [4.69, 9.17) is 28.1 Å². The number of hydrogen-bond acceptors (Lipinski definition) is 8. The highest BCUT2D eigenvalue weighted by Crippen LogP contribution is 2.52. The van der Waals surface area contributed by atoms with Crippen molar-refractivity contribution in [2.75, 3.05) is 13.3 Å². The molecule has 4 aliphatic heterocycles. The molecule has 4 bridgehead atoms. The zero-order valence-corrected chi connectivity index (χ0v) is 33.6. The average Bonchev–Trinajstić information content (AvgIpc) is 3.80. The third kappa shape index (κ3) is 5.73. The minimum absolute atomic E-state index is 0.100. The summed E-state index contributed by atoms with van der Waals surface area (Å²) in [5, 5.41) is 8.35. The second-order valence-corrected chi connectivity index (χ2v) is 18.0. The average molecular weight is 801 g/mol. The largest absolute Gasteiger partial charge is 0.518 e. The molecule has 5 atom stereocenters. The van der Waals surface area contributed by atoms with Gasteiger partial charge in [-0.2, -0.15) is 0 Å². The van der Waals surface area contributed by atoms with Crippen LogP contribution >= 0.6 is 15.9 Å². The molecule has 17 heteroatoms. The van der Waals surface area contributed by atoms with Crippen LogP contribution in [0.1, 0.15) is 68.7 Å². The van der Waals surface area contributed by atoms with E-state index in [1.54, 1.807) is 4.68 Å². The van der Waals surface area contributed by atoms with E-state index in [-0.39, 0.29) is 19.0 Å². The molecule has 6 heterocycles. The number of halogens is 3. The number of ether oxygens (including phenoxy) is 2. The van der Waals surface area contributed by atoms with Gasteiger partial charge in [0.15, 0.2) is 18.5 Å². The normalized spacial score (nSPS) is 32.0. The molecule has 4 aliphatic rings. The van der Waals surface area contributed by atoms with E-state index in [1.807, 2.05) is 62.7 Å². The summed E-state index contributed by atoms with van der Waals surface area (Å²) in [6, 6.07) is 11.8. The molecule has 0 radical (unpaired) electrons. The maximum absolute atomic E-state index is 14.6. The third-order valence-corrected chi connectivity index (χ3v) is 13.5. The van der Waals surface area contributed by atoms with Gasteiger partial charge in [0.05, 0.1) is 34.5 Å². The van der Waals surface area contributed by atoms with Crippen LogP contribution in [0.2, 0.25) is 0 Å². The van der Waals surface area contributed by atoms with Gasteiger partial charge in [0.25, 0.3) is 0 Å². The Morgan fingerprint density at radius 2 is 1.62 bits per heavy atom. The highest BCUT2D eigenvalue weighted by atomic mass is 79.9. The molecule has 0 amide bonds. The van der Waals surface area contributed by atoms with Crippen molar-refractivity contribution >= 4 is 57.7 Å². The summed E-state index contributed by atoms with van der Waals surface area (Å²) in [5.41, 5.74) is -0.966. The SMILES string of the molecule is CC1(C)OB2OC1(C)CC(C1(C)OB(c3ccc4nnn(CCF)c4c3)OC1(C)C)Cn1[n+](CCF)c3cc(Br)ccc3[n+]1CC1(C)OC2OC1(C)C. The Labute approximate surface area is 317 Å². The van der Waals surface area contributed by atoms with Gasteiger partial charge in [-0.05, 0) is 102 Å². The van der Waals surface area contributed by atoms with Crippen LogP contribution in [0.15, 0.2) is 40.9 Å². The highest BCUT2D eigenvalue weighted by molar-refractivity contribution is 9.10. The van der Waals surface area contributed by atoms with Crippen LogP contribution in [0.5, 0.6) is 0 Å². The maximum Gasteiger partial charge on any atom is 0.518 e. The fourth-order valence-electron chi connectivity index (χ4n) is 8.66. The lowest BCUT2D eigenvalue weighted by Gasteiger charge is -2.46. The van der Waals surface area contributed by atoms with Crippen LogP contribution in [-0.2, 0) is 54.3 Å². The molecule has 0 saturated carbocycles. The molecule has 0 spiro atoms. The van der Waals surface area contributed by atoms with Crippen molar-refractivity contribution in [3.05, 3.63) is 40.9 Å². The van der Waals surface area contributed by atoms with E-state index in [0.717, 1.165) is 21.0 Å². The van der Waals surface area contributed by atoms with Crippen molar-refractivity contribution in [1.29, 1.82) is 0 Å². The highest BCUT2D eigenvalue weighted by Gasteiger charge is 2.68. The number of rotatable bonds is 6. The first kappa shape index (κ1) is 37.4. The minimum Gasteiger partial charge on any atom is -0.400 e. The van der Waals surface area contributed by atoms with Crippen molar-refractivity contribution in [3.8, 4) is 0 Å². The maximum atomic E-state index is 14.6. The van der Waals surface area contributed by atoms with E-state index in [0.29, 0.717) is 30.5 Å². The Hall–Kier alpha value is -2.53. The summed E-state index contributed by atoms with van der Waals surface area (Å²) in [7, 11) is -1.52. The first-order valence-electron chi connectivity index (χ1n) is 18.5. The molecule has 8 rings (SSSR count). The van der Waals surface area contributed by atoms with Crippen LogP contribution in [-0.4, -0.2) is 87.2 Å². The number of aromatic nitrogens is 6. The predicted octanol–water partition coefficient (Wildman–Crippen LogP) is 4.18. The van der Waals surface area contributed by atoms with Gasteiger partial charge in [0.2, 0.25) is 13.1 Å². The molecular weight excluding hydrogens is 752 g/mol. The lowest BCUT2D eigenvalue weighted by molar-refractivity contribution is -0.918. The van der Waals surface area contributed by atoms with Gasteiger partial charge < -0.3 is 28.1 Å². The first-order valence-corrected chi connectivity index (χ1v) is 19.3. The Balaban J connectivity index is 1.30. The van der Waals surface area contributed by atoms with Crippen molar-refractivity contribution in [2.24, 2.45) is 5.92 Å². The minimum atomic E-state index is -0.924. The van der Waals surface area contributed by atoms with Crippen LogP contribution < -0.4 is 14.8 Å². The quantitative estimate of drug-likeness (QED) is 0.212. The zero-order chi connectivity index (χ0) is 37.9. The Bertz CT molecular complexity index is 2080. The molecule has 0 aliphatic carbocycles. The fraction of sp³-hybridized carbons (Fsp3) is 0.667. The third-order valence-electron chi connectivity index (χ3n) is 13.0. The van der Waals surface area contributed by atoms with Crippen molar-refractivity contribution in [3.63, 3.8) is 0 Å². The summed E-state index contributed by atoms with van der Waals surface area (Å²) < 4.78 is 75.8. The lowest BCUT2D eigenvalue weighted by atomic mass is 9.69. The molecule has 2 aromatic carbocycles. The molecule has 284 valence electrons. The van der Waals surface area contributed by atoms with Gasteiger partial charge >= 0.3 is 25.3 Å². The number of alkyl halides is 2.